The molecule has 0 unspecified atom stereocenters. The fourth-order valence-electron chi connectivity index (χ4n) is 3.68. The monoisotopic (exact) mass is 336 g/mol. The summed E-state index contributed by atoms with van der Waals surface area (Å²) in [4.78, 5) is 26.1. The zero-order valence-corrected chi connectivity index (χ0v) is 14.6. The Morgan fingerprint density at radius 3 is 2.44 bits per heavy atom. The Hall–Kier alpha value is -2.62. The van der Waals surface area contributed by atoms with Crippen LogP contribution in [0.3, 0.4) is 0 Å². The average Bonchev–Trinajstić information content (AvgIpc) is 3.08. The largest absolute Gasteiger partial charge is 0.369 e. The van der Waals surface area contributed by atoms with E-state index in [-0.39, 0.29) is 11.8 Å². The molecule has 130 valence electrons. The van der Waals surface area contributed by atoms with Gasteiger partial charge in [-0.1, -0.05) is 61.5 Å². The first-order valence-corrected chi connectivity index (χ1v) is 8.77. The lowest BCUT2D eigenvalue weighted by atomic mass is 9.78. The number of rotatable bonds is 5. The van der Waals surface area contributed by atoms with Crippen molar-refractivity contribution in [1.82, 2.24) is 4.90 Å². The molecule has 0 radical (unpaired) electrons. The second-order valence-corrected chi connectivity index (χ2v) is 6.76. The van der Waals surface area contributed by atoms with Crippen LogP contribution in [0.4, 0.5) is 0 Å². The summed E-state index contributed by atoms with van der Waals surface area (Å²) in [5.41, 5.74) is 8.44. The first-order valence-electron chi connectivity index (χ1n) is 8.77. The maximum Gasteiger partial charge on any atom is 0.225 e. The summed E-state index contributed by atoms with van der Waals surface area (Å²) >= 11 is 0. The average molecular weight is 336 g/mol. The molecule has 1 atom stereocenters. The molecular weight excluding hydrogens is 312 g/mol. The van der Waals surface area contributed by atoms with Crippen LogP contribution in [0.2, 0.25) is 0 Å². The first-order chi connectivity index (χ1) is 12.1. The van der Waals surface area contributed by atoms with E-state index in [0.29, 0.717) is 32.4 Å². The van der Waals surface area contributed by atoms with Crippen molar-refractivity contribution < 1.29 is 9.59 Å². The lowest BCUT2D eigenvalue weighted by molar-refractivity contribution is -0.131. The number of benzene rings is 2. The van der Waals surface area contributed by atoms with E-state index in [1.807, 2.05) is 37.3 Å². The van der Waals surface area contributed by atoms with Gasteiger partial charge in [0.1, 0.15) is 0 Å². The van der Waals surface area contributed by atoms with Crippen molar-refractivity contribution in [3.63, 3.8) is 0 Å². The number of nitrogens with zero attached hydrogens (tertiary/aromatic N) is 1. The van der Waals surface area contributed by atoms with Crippen LogP contribution in [0.15, 0.2) is 54.6 Å². The maximum absolute atomic E-state index is 12.3. The molecule has 25 heavy (non-hydrogen) atoms. The molecule has 2 aromatic carbocycles. The number of primary amides is 1. The Morgan fingerprint density at radius 1 is 1.08 bits per heavy atom. The number of hydrogen-bond acceptors (Lipinski definition) is 2. The third kappa shape index (κ3) is 3.43. The highest BCUT2D eigenvalue weighted by atomic mass is 16.2. The fourth-order valence-corrected chi connectivity index (χ4v) is 3.68. The van der Waals surface area contributed by atoms with Gasteiger partial charge in [-0.2, -0.15) is 0 Å². The summed E-state index contributed by atoms with van der Waals surface area (Å²) in [6, 6.07) is 18.3. The van der Waals surface area contributed by atoms with E-state index in [0.717, 1.165) is 16.7 Å². The molecule has 1 fully saturated rings. The zero-order chi connectivity index (χ0) is 17.9. The molecule has 4 nitrogen and oxygen atoms in total. The Labute approximate surface area is 148 Å². The lowest BCUT2D eigenvalue weighted by Crippen LogP contribution is -2.42. The summed E-state index contributed by atoms with van der Waals surface area (Å²) < 4.78 is 0. The molecule has 0 spiro atoms. The highest BCUT2D eigenvalue weighted by molar-refractivity contribution is 5.85. The highest BCUT2D eigenvalue weighted by Crippen LogP contribution is 2.37. The quantitative estimate of drug-likeness (QED) is 0.912. The number of hydrogen-bond donors (Lipinski definition) is 1. The van der Waals surface area contributed by atoms with Gasteiger partial charge >= 0.3 is 0 Å². The van der Waals surface area contributed by atoms with Gasteiger partial charge in [-0.05, 0) is 29.5 Å². The third-order valence-electron chi connectivity index (χ3n) is 5.16. The molecule has 2 amide bonds. The molecule has 0 saturated carbocycles. The summed E-state index contributed by atoms with van der Waals surface area (Å²) in [7, 11) is 0. The van der Waals surface area contributed by atoms with Crippen molar-refractivity contribution in [2.24, 2.45) is 11.1 Å². The predicted octanol–water partition coefficient (Wildman–Crippen LogP) is 3.01. The van der Waals surface area contributed by atoms with Crippen LogP contribution in [0.1, 0.15) is 25.3 Å². The Kier molecular flexibility index (Phi) is 4.88. The van der Waals surface area contributed by atoms with E-state index in [1.165, 1.54) is 0 Å². The van der Waals surface area contributed by atoms with Crippen LogP contribution in [-0.4, -0.2) is 29.8 Å². The van der Waals surface area contributed by atoms with Crippen molar-refractivity contribution in [2.45, 2.75) is 26.2 Å². The van der Waals surface area contributed by atoms with Crippen LogP contribution in [0.25, 0.3) is 11.1 Å². The molecule has 1 saturated heterocycles. The SMILES string of the molecule is CCC(=O)N1CC[C@@](Cc2ccccc2-c2ccccc2)(C(N)=O)C1. The topological polar surface area (TPSA) is 63.4 Å². The molecule has 0 bridgehead atoms. The minimum atomic E-state index is -0.685. The van der Waals surface area contributed by atoms with Gasteiger partial charge in [0.25, 0.3) is 0 Å². The van der Waals surface area contributed by atoms with Gasteiger partial charge in [0.15, 0.2) is 0 Å². The van der Waals surface area contributed by atoms with E-state index in [1.54, 1.807) is 4.90 Å². The maximum atomic E-state index is 12.3. The summed E-state index contributed by atoms with van der Waals surface area (Å²) in [6.07, 6.45) is 1.63. The van der Waals surface area contributed by atoms with Gasteiger partial charge in [0.05, 0.1) is 5.41 Å². The molecule has 2 N–H and O–H groups in total. The van der Waals surface area contributed by atoms with E-state index in [2.05, 4.69) is 24.3 Å². The van der Waals surface area contributed by atoms with Crippen LogP contribution < -0.4 is 5.73 Å². The lowest BCUT2D eigenvalue weighted by Gasteiger charge is -2.27. The summed E-state index contributed by atoms with van der Waals surface area (Å²) in [5.74, 6) is -0.235. The van der Waals surface area contributed by atoms with Crippen LogP contribution in [-0.2, 0) is 16.0 Å². The van der Waals surface area contributed by atoms with E-state index in [9.17, 15) is 9.59 Å². The van der Waals surface area contributed by atoms with Gasteiger partial charge < -0.3 is 10.6 Å². The number of carbonyl (C=O) groups excluding carboxylic acids is 2. The second-order valence-electron chi connectivity index (χ2n) is 6.76. The van der Waals surface area contributed by atoms with Gasteiger partial charge in [-0.15, -0.1) is 0 Å². The van der Waals surface area contributed by atoms with Gasteiger partial charge in [-0.3, -0.25) is 9.59 Å². The molecule has 0 aliphatic carbocycles. The molecule has 1 aliphatic heterocycles. The fraction of sp³-hybridized carbons (Fsp3) is 0.333. The van der Waals surface area contributed by atoms with Gasteiger partial charge in [-0.25, -0.2) is 0 Å². The highest BCUT2D eigenvalue weighted by Gasteiger charge is 2.44. The Bertz CT molecular complexity index is 772. The number of likely N-dealkylation sites (tertiary alicyclic amines) is 1. The first kappa shape index (κ1) is 17.2. The Balaban J connectivity index is 1.93. The smallest absolute Gasteiger partial charge is 0.225 e. The minimum absolute atomic E-state index is 0.0828. The molecular formula is C21H24N2O2. The van der Waals surface area contributed by atoms with Gasteiger partial charge in [0, 0.05) is 19.5 Å². The molecule has 1 aliphatic rings. The van der Waals surface area contributed by atoms with Gasteiger partial charge in [0.2, 0.25) is 11.8 Å². The van der Waals surface area contributed by atoms with Crippen molar-refractivity contribution in [1.29, 1.82) is 0 Å². The molecule has 2 aromatic rings. The number of nitrogens with two attached hydrogens (primary N) is 1. The summed E-state index contributed by atoms with van der Waals surface area (Å²) in [5, 5.41) is 0. The standard InChI is InChI=1S/C21H24N2O2/c1-2-19(24)23-13-12-21(15-23,20(22)25)14-17-10-6-7-11-18(17)16-8-4-3-5-9-16/h3-11H,2,12-15H2,1H3,(H2,22,25)/t21-/m0/s1. The second kappa shape index (κ2) is 7.09. The van der Waals surface area contributed by atoms with Crippen LogP contribution >= 0.6 is 0 Å². The van der Waals surface area contributed by atoms with Crippen LogP contribution in [0, 0.1) is 5.41 Å². The predicted molar refractivity (Wildman–Crippen MR) is 98.7 cm³/mol. The van der Waals surface area contributed by atoms with Crippen LogP contribution in [0.5, 0.6) is 0 Å². The zero-order valence-electron chi connectivity index (χ0n) is 14.6. The van der Waals surface area contributed by atoms with Crippen molar-refractivity contribution in [3.05, 3.63) is 60.2 Å². The van der Waals surface area contributed by atoms with E-state index < -0.39 is 5.41 Å². The Morgan fingerprint density at radius 2 is 1.76 bits per heavy atom. The molecule has 1 heterocycles. The normalized spacial score (nSPS) is 19.8. The molecule has 4 heteroatoms. The minimum Gasteiger partial charge on any atom is -0.369 e. The van der Waals surface area contributed by atoms with Crippen molar-refractivity contribution >= 4 is 11.8 Å². The van der Waals surface area contributed by atoms with E-state index in [4.69, 9.17) is 5.73 Å². The van der Waals surface area contributed by atoms with E-state index >= 15 is 0 Å². The number of amides is 2. The number of carbonyl (C=O) groups is 2. The summed E-state index contributed by atoms with van der Waals surface area (Å²) in [6.45, 7) is 2.86. The van der Waals surface area contributed by atoms with Crippen molar-refractivity contribution in [3.8, 4) is 11.1 Å². The molecule has 0 aromatic heterocycles. The third-order valence-corrected chi connectivity index (χ3v) is 5.16. The van der Waals surface area contributed by atoms with Crippen molar-refractivity contribution in [2.75, 3.05) is 13.1 Å². The molecule has 3 rings (SSSR count).